The second-order valence-electron chi connectivity index (χ2n) is 10.4. The van der Waals surface area contributed by atoms with Gasteiger partial charge in [-0.1, -0.05) is 81.6 Å². The molecule has 3 aromatic heterocycles. The van der Waals surface area contributed by atoms with Crippen LogP contribution in [0.15, 0.2) is 97.1 Å². The average Bonchev–Trinajstić information content (AvgIpc) is 3.69. The van der Waals surface area contributed by atoms with Gasteiger partial charge in [-0.25, -0.2) is 0 Å². The van der Waals surface area contributed by atoms with Crippen LogP contribution in [0.3, 0.4) is 0 Å². The second kappa shape index (κ2) is 11.8. The Kier molecular flexibility index (Phi) is 7.85. The summed E-state index contributed by atoms with van der Waals surface area (Å²) in [5.74, 6) is 0.642. The van der Waals surface area contributed by atoms with Gasteiger partial charge in [0.1, 0.15) is 0 Å². The van der Waals surface area contributed by atoms with Crippen molar-refractivity contribution in [1.82, 2.24) is 4.57 Å². The van der Waals surface area contributed by atoms with Gasteiger partial charge in [-0.15, -0.1) is 22.7 Å². The fourth-order valence-electron chi connectivity index (χ4n) is 5.59. The van der Waals surface area contributed by atoms with Crippen molar-refractivity contribution in [2.45, 2.75) is 46.1 Å². The molecule has 0 amide bonds. The van der Waals surface area contributed by atoms with Gasteiger partial charge >= 0.3 is 0 Å². The number of aldehydes is 1. The zero-order chi connectivity index (χ0) is 27.5. The number of nitrogens with zero attached hydrogens (tertiary/aromatic N) is 2. The van der Waals surface area contributed by atoms with E-state index in [2.05, 4.69) is 120 Å². The fraction of sp³-hybridized carbons (Fsp3) is 0.229. The van der Waals surface area contributed by atoms with Crippen LogP contribution in [0.4, 0.5) is 17.1 Å². The van der Waals surface area contributed by atoms with E-state index in [0.29, 0.717) is 5.92 Å². The number of carbonyl (C=O) groups excluding carboxylic acids is 1. The molecule has 6 aromatic rings. The summed E-state index contributed by atoms with van der Waals surface area (Å²) in [5, 5.41) is 0. The van der Waals surface area contributed by atoms with Crippen LogP contribution in [0, 0.1) is 5.92 Å². The highest BCUT2D eigenvalue weighted by atomic mass is 32.1. The Bertz CT molecular complexity index is 1670. The van der Waals surface area contributed by atoms with Crippen LogP contribution in [-0.4, -0.2) is 10.9 Å². The maximum absolute atomic E-state index is 11.7. The zero-order valence-electron chi connectivity index (χ0n) is 23.0. The molecule has 0 saturated carbocycles. The second-order valence-corrected chi connectivity index (χ2v) is 12.5. The smallest absolute Gasteiger partial charge is 0.160 e. The highest BCUT2D eigenvalue weighted by Crippen LogP contribution is 2.44. The van der Waals surface area contributed by atoms with E-state index in [-0.39, 0.29) is 0 Å². The first-order valence-electron chi connectivity index (χ1n) is 14.2. The lowest BCUT2D eigenvalue weighted by atomic mass is 9.99. The largest absolute Gasteiger partial charge is 0.339 e. The Labute approximate surface area is 244 Å². The van der Waals surface area contributed by atoms with Crippen LogP contribution in [0.5, 0.6) is 0 Å². The molecule has 0 radical (unpaired) electrons. The van der Waals surface area contributed by atoms with Crippen molar-refractivity contribution in [1.29, 1.82) is 0 Å². The fourth-order valence-corrected chi connectivity index (χ4v) is 7.88. The van der Waals surface area contributed by atoms with E-state index in [4.69, 9.17) is 0 Å². The van der Waals surface area contributed by atoms with Gasteiger partial charge in [0, 0.05) is 28.5 Å². The van der Waals surface area contributed by atoms with Crippen molar-refractivity contribution in [3.8, 4) is 10.4 Å². The first-order chi connectivity index (χ1) is 19.7. The molecule has 3 aromatic carbocycles. The molecule has 1 unspecified atom stereocenters. The first kappa shape index (κ1) is 26.5. The molecule has 0 bridgehead atoms. The van der Waals surface area contributed by atoms with Crippen molar-refractivity contribution in [2.24, 2.45) is 5.92 Å². The Morgan fingerprint density at radius 2 is 1.38 bits per heavy atom. The molecule has 202 valence electrons. The number of aromatic nitrogens is 1. The Morgan fingerprint density at radius 3 is 1.98 bits per heavy atom. The van der Waals surface area contributed by atoms with Gasteiger partial charge < -0.3 is 9.47 Å². The van der Waals surface area contributed by atoms with Crippen molar-refractivity contribution in [2.75, 3.05) is 4.90 Å². The van der Waals surface area contributed by atoms with E-state index in [0.717, 1.165) is 34.8 Å². The SMILES string of the molecule is CCCCC(CC)Cn1c2cc(C=O)sc2c2sc(-c3ccc(N(c4ccccc4)c4ccccc4)cc3)cc21. The van der Waals surface area contributed by atoms with Crippen molar-refractivity contribution in [3.63, 3.8) is 0 Å². The van der Waals surface area contributed by atoms with E-state index in [1.807, 2.05) is 11.3 Å². The maximum Gasteiger partial charge on any atom is 0.160 e. The number of benzene rings is 3. The summed E-state index contributed by atoms with van der Waals surface area (Å²) in [6.07, 6.45) is 5.90. The van der Waals surface area contributed by atoms with E-state index in [1.54, 1.807) is 11.3 Å². The third-order valence-electron chi connectivity index (χ3n) is 7.77. The Morgan fingerprint density at radius 1 is 0.775 bits per heavy atom. The van der Waals surface area contributed by atoms with Gasteiger partial charge in [0.15, 0.2) is 6.29 Å². The molecule has 3 heterocycles. The monoisotopic (exact) mass is 562 g/mol. The lowest BCUT2D eigenvalue weighted by Crippen LogP contribution is -2.09. The van der Waals surface area contributed by atoms with Crippen LogP contribution in [0.2, 0.25) is 0 Å². The third-order valence-corrected chi connectivity index (χ3v) is 10.2. The first-order valence-corrected chi connectivity index (χ1v) is 15.8. The molecular formula is C35H34N2OS2. The predicted molar refractivity (Wildman–Crippen MR) is 174 cm³/mol. The Hall–Kier alpha value is -3.67. The predicted octanol–water partition coefficient (Wildman–Crippen LogP) is 11.1. The van der Waals surface area contributed by atoms with Gasteiger partial charge in [0.2, 0.25) is 0 Å². The van der Waals surface area contributed by atoms with Crippen LogP contribution in [0.1, 0.15) is 49.2 Å². The molecule has 0 N–H and O–H groups in total. The van der Waals surface area contributed by atoms with Gasteiger partial charge in [0.25, 0.3) is 0 Å². The van der Waals surface area contributed by atoms with Gasteiger partial charge in [0.05, 0.1) is 25.3 Å². The number of rotatable bonds is 11. The van der Waals surface area contributed by atoms with E-state index in [1.165, 1.54) is 56.6 Å². The highest BCUT2D eigenvalue weighted by Gasteiger charge is 2.20. The number of thiophene rings is 2. The number of hydrogen-bond donors (Lipinski definition) is 0. The quantitative estimate of drug-likeness (QED) is 0.147. The minimum atomic E-state index is 0.642. The molecule has 0 aliphatic heterocycles. The normalized spacial score (nSPS) is 12.2. The summed E-state index contributed by atoms with van der Waals surface area (Å²) < 4.78 is 5.03. The molecule has 0 spiro atoms. The van der Waals surface area contributed by atoms with Gasteiger partial charge in [-0.05, 0) is 66.4 Å². The number of anilines is 3. The lowest BCUT2D eigenvalue weighted by Gasteiger charge is -2.25. The summed E-state index contributed by atoms with van der Waals surface area (Å²) in [5.41, 5.74) is 7.13. The topological polar surface area (TPSA) is 25.2 Å². The summed E-state index contributed by atoms with van der Waals surface area (Å²) in [7, 11) is 0. The number of fused-ring (bicyclic) bond motifs is 3. The molecule has 5 heteroatoms. The summed E-state index contributed by atoms with van der Waals surface area (Å²) in [6.45, 7) is 5.57. The molecule has 3 nitrogen and oxygen atoms in total. The highest BCUT2D eigenvalue weighted by molar-refractivity contribution is 7.29. The zero-order valence-corrected chi connectivity index (χ0v) is 24.7. The molecule has 40 heavy (non-hydrogen) atoms. The third kappa shape index (κ3) is 5.12. The molecule has 0 fully saturated rings. The minimum absolute atomic E-state index is 0.642. The molecule has 0 aliphatic carbocycles. The Balaban J connectivity index is 1.38. The average molecular weight is 563 g/mol. The van der Waals surface area contributed by atoms with E-state index < -0.39 is 0 Å². The number of hydrogen-bond acceptors (Lipinski definition) is 4. The van der Waals surface area contributed by atoms with Crippen molar-refractivity contribution < 1.29 is 4.79 Å². The summed E-state index contributed by atoms with van der Waals surface area (Å²) in [4.78, 5) is 16.0. The van der Waals surface area contributed by atoms with Gasteiger partial charge in [-0.3, -0.25) is 4.79 Å². The summed E-state index contributed by atoms with van der Waals surface area (Å²) >= 11 is 3.47. The van der Waals surface area contributed by atoms with Crippen LogP contribution in [-0.2, 0) is 6.54 Å². The molecular weight excluding hydrogens is 529 g/mol. The minimum Gasteiger partial charge on any atom is -0.339 e. The standard InChI is InChI=1S/C35H34N2OS2/c1-3-5-12-25(4-2)23-36-31-21-30(24-38)39-34(31)35-32(36)22-33(40-35)26-17-19-29(20-18-26)37(27-13-8-6-9-14-27)28-15-10-7-11-16-28/h6-11,13-22,24-25H,3-5,12,23H2,1-2H3. The van der Waals surface area contributed by atoms with Crippen LogP contribution >= 0.6 is 22.7 Å². The van der Waals surface area contributed by atoms with Crippen LogP contribution in [0.25, 0.3) is 30.9 Å². The molecule has 0 aliphatic rings. The van der Waals surface area contributed by atoms with Crippen molar-refractivity contribution >= 4 is 66.5 Å². The maximum atomic E-state index is 11.7. The number of para-hydroxylation sites is 2. The number of unbranched alkanes of at least 4 members (excludes halogenated alkanes) is 1. The van der Waals surface area contributed by atoms with Crippen molar-refractivity contribution in [3.05, 3.63) is 102 Å². The summed E-state index contributed by atoms with van der Waals surface area (Å²) in [6, 6.07) is 34.4. The lowest BCUT2D eigenvalue weighted by molar-refractivity contribution is 0.112. The molecule has 0 saturated heterocycles. The molecule has 1 atom stereocenters. The number of carbonyl (C=O) groups is 1. The van der Waals surface area contributed by atoms with E-state index in [9.17, 15) is 4.79 Å². The van der Waals surface area contributed by atoms with Crippen LogP contribution < -0.4 is 4.90 Å². The van der Waals surface area contributed by atoms with E-state index >= 15 is 0 Å². The molecule has 6 rings (SSSR count). The van der Waals surface area contributed by atoms with Gasteiger partial charge in [-0.2, -0.15) is 0 Å².